The summed E-state index contributed by atoms with van der Waals surface area (Å²) in [5.74, 6) is 0.741. The third kappa shape index (κ3) is 4.79. The normalized spacial score (nSPS) is 12.2. The Morgan fingerprint density at radius 3 is 2.67 bits per heavy atom. The van der Waals surface area contributed by atoms with Crippen LogP contribution >= 0.6 is 0 Å². The Labute approximate surface area is 159 Å². The van der Waals surface area contributed by atoms with E-state index < -0.39 is 0 Å². The highest BCUT2D eigenvalue weighted by Gasteiger charge is 2.05. The lowest BCUT2D eigenvalue weighted by atomic mass is 10.1. The Morgan fingerprint density at radius 2 is 1.93 bits per heavy atom. The summed E-state index contributed by atoms with van der Waals surface area (Å²) in [6.07, 6.45) is 6.03. The Morgan fingerprint density at radius 1 is 1.15 bits per heavy atom. The fourth-order valence-electron chi connectivity index (χ4n) is 2.65. The first-order valence-corrected chi connectivity index (χ1v) is 8.74. The van der Waals surface area contributed by atoms with Crippen molar-refractivity contribution in [2.24, 2.45) is 4.99 Å². The number of aromatic nitrogens is 2. The van der Waals surface area contributed by atoms with Gasteiger partial charge in [0.1, 0.15) is 12.1 Å². The van der Waals surface area contributed by atoms with Gasteiger partial charge in [0.05, 0.1) is 5.52 Å². The van der Waals surface area contributed by atoms with Gasteiger partial charge in [0, 0.05) is 28.7 Å². The summed E-state index contributed by atoms with van der Waals surface area (Å²) in [6.45, 7) is 7.71. The lowest BCUT2D eigenvalue weighted by Crippen LogP contribution is -1.97. The maximum absolute atomic E-state index is 5.90. The van der Waals surface area contributed by atoms with E-state index in [1.165, 1.54) is 11.1 Å². The van der Waals surface area contributed by atoms with E-state index in [1.807, 2.05) is 43.5 Å². The molecule has 3 N–H and O–H groups in total. The van der Waals surface area contributed by atoms with Gasteiger partial charge in [-0.1, -0.05) is 24.3 Å². The third-order valence-electron chi connectivity index (χ3n) is 4.14. The number of hydrogen-bond donors (Lipinski definition) is 2. The quantitative estimate of drug-likeness (QED) is 0.478. The second-order valence-electron chi connectivity index (χ2n) is 6.45. The summed E-state index contributed by atoms with van der Waals surface area (Å²) in [5, 5.41) is 4.25. The van der Waals surface area contributed by atoms with Crippen molar-refractivity contribution in [3.8, 4) is 0 Å². The average Bonchev–Trinajstić information content (AvgIpc) is 2.68. The Kier molecular flexibility index (Phi) is 5.61. The molecule has 5 heteroatoms. The number of anilines is 3. The van der Waals surface area contributed by atoms with Gasteiger partial charge in [0.15, 0.2) is 0 Å². The minimum absolute atomic E-state index is 0.687. The second-order valence-corrected chi connectivity index (χ2v) is 6.45. The Hall–Kier alpha value is -3.47. The molecule has 136 valence electrons. The Bertz CT molecular complexity index is 1020. The van der Waals surface area contributed by atoms with Crippen molar-refractivity contribution in [2.75, 3.05) is 11.1 Å². The van der Waals surface area contributed by atoms with E-state index in [0.717, 1.165) is 34.5 Å². The molecular weight excluding hydrogens is 334 g/mol. The van der Waals surface area contributed by atoms with Crippen LogP contribution in [-0.4, -0.2) is 15.7 Å². The first kappa shape index (κ1) is 18.3. The maximum Gasteiger partial charge on any atom is 0.141 e. The molecule has 0 amide bonds. The molecule has 1 heterocycles. The molecule has 0 atom stereocenters. The standard InChI is InChI=1S/C22H23N5/c1-4-16(3)24-13-15(2)11-17-5-8-19(9-6-17)27-22-20-12-18(23)7-10-21(20)25-14-26-22/h4-10,12-14H,1,11,23H2,2-3H3,(H,25,26,27)/b15-13+,24-16?. The van der Waals surface area contributed by atoms with E-state index in [4.69, 9.17) is 5.73 Å². The number of benzene rings is 2. The van der Waals surface area contributed by atoms with Crippen molar-refractivity contribution < 1.29 is 0 Å². The van der Waals surface area contributed by atoms with Crippen LogP contribution in [0.1, 0.15) is 19.4 Å². The first-order valence-electron chi connectivity index (χ1n) is 8.74. The van der Waals surface area contributed by atoms with Gasteiger partial charge in [0.2, 0.25) is 0 Å². The van der Waals surface area contributed by atoms with Crippen LogP contribution in [0.4, 0.5) is 17.2 Å². The number of aliphatic imine (C=N–C) groups is 1. The van der Waals surface area contributed by atoms with Crippen molar-refractivity contribution in [3.05, 3.63) is 78.8 Å². The number of rotatable bonds is 6. The van der Waals surface area contributed by atoms with Crippen molar-refractivity contribution in [3.63, 3.8) is 0 Å². The van der Waals surface area contributed by atoms with Crippen LogP contribution in [0.2, 0.25) is 0 Å². The molecule has 0 spiro atoms. The second kappa shape index (κ2) is 8.27. The molecule has 5 nitrogen and oxygen atoms in total. The van der Waals surface area contributed by atoms with Crippen LogP contribution in [0.25, 0.3) is 10.9 Å². The molecule has 0 saturated heterocycles. The smallest absolute Gasteiger partial charge is 0.141 e. The van der Waals surface area contributed by atoms with Gasteiger partial charge in [-0.3, -0.25) is 4.99 Å². The average molecular weight is 357 g/mol. The molecule has 0 aliphatic heterocycles. The molecule has 3 rings (SSSR count). The molecule has 3 aromatic rings. The third-order valence-corrected chi connectivity index (χ3v) is 4.14. The lowest BCUT2D eigenvalue weighted by Gasteiger charge is -2.10. The van der Waals surface area contributed by atoms with Crippen LogP contribution in [0.3, 0.4) is 0 Å². The number of nitrogens with one attached hydrogen (secondary N) is 1. The zero-order valence-electron chi connectivity index (χ0n) is 15.6. The number of hydrogen-bond acceptors (Lipinski definition) is 5. The molecule has 0 saturated carbocycles. The van der Waals surface area contributed by atoms with E-state index in [9.17, 15) is 0 Å². The molecule has 27 heavy (non-hydrogen) atoms. The van der Waals surface area contributed by atoms with Crippen LogP contribution in [0, 0.1) is 0 Å². The van der Waals surface area contributed by atoms with E-state index in [-0.39, 0.29) is 0 Å². The summed E-state index contributed by atoms with van der Waals surface area (Å²) >= 11 is 0. The number of allylic oxidation sites excluding steroid dienone is 2. The first-order chi connectivity index (χ1) is 13.0. The van der Waals surface area contributed by atoms with Gasteiger partial charge in [-0.05, 0) is 62.2 Å². The summed E-state index contributed by atoms with van der Waals surface area (Å²) in [6, 6.07) is 13.9. The highest BCUT2D eigenvalue weighted by atomic mass is 15.0. The molecule has 0 aliphatic rings. The zero-order valence-corrected chi connectivity index (χ0v) is 15.6. The molecule has 0 radical (unpaired) electrons. The largest absolute Gasteiger partial charge is 0.399 e. The lowest BCUT2D eigenvalue weighted by molar-refractivity contribution is 1.13. The molecular formula is C22H23N5. The summed E-state index contributed by atoms with van der Waals surface area (Å²) < 4.78 is 0. The Balaban J connectivity index is 1.75. The maximum atomic E-state index is 5.90. The van der Waals surface area contributed by atoms with Crippen molar-refractivity contribution in [1.82, 2.24) is 9.97 Å². The van der Waals surface area contributed by atoms with E-state index in [1.54, 1.807) is 12.4 Å². The molecule has 0 bridgehead atoms. The SMILES string of the molecule is C=CC(C)=N/C=C(\C)Cc1ccc(Nc2ncnc3ccc(N)cc23)cc1. The predicted molar refractivity (Wildman–Crippen MR) is 114 cm³/mol. The van der Waals surface area contributed by atoms with Gasteiger partial charge in [-0.25, -0.2) is 9.97 Å². The fourth-order valence-corrected chi connectivity index (χ4v) is 2.65. The zero-order chi connectivity index (χ0) is 19.2. The number of nitrogens with zero attached hydrogens (tertiary/aromatic N) is 3. The number of fused-ring (bicyclic) bond motifs is 1. The summed E-state index contributed by atoms with van der Waals surface area (Å²) in [5.41, 5.74) is 11.7. The van der Waals surface area contributed by atoms with Crippen LogP contribution < -0.4 is 11.1 Å². The van der Waals surface area contributed by atoms with Crippen LogP contribution in [0.15, 0.2) is 78.2 Å². The monoisotopic (exact) mass is 357 g/mol. The molecule has 1 aromatic heterocycles. The van der Waals surface area contributed by atoms with Crippen molar-refractivity contribution >= 4 is 33.8 Å². The van der Waals surface area contributed by atoms with Gasteiger partial charge in [-0.15, -0.1) is 0 Å². The van der Waals surface area contributed by atoms with Gasteiger partial charge >= 0.3 is 0 Å². The van der Waals surface area contributed by atoms with Crippen LogP contribution in [0.5, 0.6) is 0 Å². The minimum Gasteiger partial charge on any atom is -0.399 e. The topological polar surface area (TPSA) is 76.2 Å². The van der Waals surface area contributed by atoms with E-state index in [2.05, 4.69) is 45.9 Å². The summed E-state index contributed by atoms with van der Waals surface area (Å²) in [7, 11) is 0. The van der Waals surface area contributed by atoms with Gasteiger partial charge in [0.25, 0.3) is 0 Å². The minimum atomic E-state index is 0.687. The van der Waals surface area contributed by atoms with Gasteiger partial charge in [-0.2, -0.15) is 0 Å². The van der Waals surface area contributed by atoms with Gasteiger partial charge < -0.3 is 11.1 Å². The number of nitrogens with two attached hydrogens (primary N) is 1. The van der Waals surface area contributed by atoms with E-state index in [0.29, 0.717) is 5.69 Å². The molecule has 0 fully saturated rings. The molecule has 0 unspecified atom stereocenters. The molecule has 0 aliphatic carbocycles. The van der Waals surface area contributed by atoms with Crippen molar-refractivity contribution in [1.29, 1.82) is 0 Å². The fraction of sp³-hybridized carbons (Fsp3) is 0.136. The van der Waals surface area contributed by atoms with Crippen LogP contribution in [-0.2, 0) is 6.42 Å². The predicted octanol–water partition coefficient (Wildman–Crippen LogP) is 5.05. The van der Waals surface area contributed by atoms with Crippen molar-refractivity contribution in [2.45, 2.75) is 20.3 Å². The summed E-state index contributed by atoms with van der Waals surface area (Å²) in [4.78, 5) is 13.0. The van der Waals surface area contributed by atoms with E-state index >= 15 is 0 Å². The highest BCUT2D eigenvalue weighted by Crippen LogP contribution is 2.25. The molecule has 2 aromatic carbocycles. The highest BCUT2D eigenvalue weighted by molar-refractivity contribution is 5.93. The number of nitrogen functional groups attached to an aromatic ring is 1.